The Kier molecular flexibility index (Phi) is 10.1. The zero-order valence-corrected chi connectivity index (χ0v) is 16.3. The molecule has 0 aromatic heterocycles. The van der Waals surface area contributed by atoms with E-state index in [9.17, 15) is 30.6 Å². The van der Waals surface area contributed by atoms with Crippen molar-refractivity contribution in [3.8, 4) is 0 Å². The molecule has 2 heterocycles. The Hall–Kier alpha value is -0.480. The van der Waals surface area contributed by atoms with Gasteiger partial charge in [0, 0.05) is 6.54 Å². The van der Waals surface area contributed by atoms with Gasteiger partial charge in [-0.05, 0) is 19.9 Å². The van der Waals surface area contributed by atoms with Crippen LogP contribution in [0.15, 0.2) is 0 Å². The molecule has 0 aliphatic carbocycles. The van der Waals surface area contributed by atoms with Gasteiger partial charge in [-0.25, -0.2) is 0 Å². The number of aliphatic hydroxyl groups is 7. The summed E-state index contributed by atoms with van der Waals surface area (Å²) in [6.45, 7) is 2.42. The van der Waals surface area contributed by atoms with Gasteiger partial charge < -0.3 is 60.0 Å². The lowest BCUT2D eigenvalue weighted by molar-refractivity contribution is -0.301. The van der Waals surface area contributed by atoms with E-state index in [0.717, 1.165) is 0 Å². The van der Waals surface area contributed by atoms with Gasteiger partial charge in [-0.2, -0.15) is 0 Å². The smallest absolute Gasteiger partial charge is 0.186 e. The molecular formula is C17H33NO11. The summed E-state index contributed by atoms with van der Waals surface area (Å²) in [6, 6.07) is 0. The predicted octanol–water partition coefficient (Wildman–Crippen LogP) is -4.37. The molecule has 2 saturated heterocycles. The van der Waals surface area contributed by atoms with Crippen LogP contribution in [-0.2, 0) is 18.9 Å². The first-order valence-corrected chi connectivity index (χ1v) is 9.72. The predicted molar refractivity (Wildman–Crippen MR) is 95.5 cm³/mol. The van der Waals surface area contributed by atoms with E-state index in [2.05, 4.69) is 5.32 Å². The number of hydrogen-bond donors (Lipinski definition) is 8. The van der Waals surface area contributed by atoms with Crippen molar-refractivity contribution < 1.29 is 54.7 Å². The molecule has 0 spiro atoms. The normalized spacial score (nSPS) is 43.4. The molecule has 2 rings (SSSR count). The van der Waals surface area contributed by atoms with Crippen LogP contribution in [0.4, 0.5) is 0 Å². The summed E-state index contributed by atoms with van der Waals surface area (Å²) in [7, 11) is 0. The molecule has 0 amide bonds. The molecule has 10 atom stereocenters. The van der Waals surface area contributed by atoms with Gasteiger partial charge in [-0.15, -0.1) is 0 Å². The second-order valence-electron chi connectivity index (χ2n) is 7.22. The summed E-state index contributed by atoms with van der Waals surface area (Å²) in [6.07, 6.45) is -11.5. The topological polar surface area (TPSA) is 191 Å². The monoisotopic (exact) mass is 427 g/mol. The fraction of sp³-hybridized carbons (Fsp3) is 1.00. The molecule has 29 heavy (non-hydrogen) atoms. The van der Waals surface area contributed by atoms with Gasteiger partial charge >= 0.3 is 0 Å². The van der Waals surface area contributed by atoms with E-state index in [1.165, 1.54) is 0 Å². The van der Waals surface area contributed by atoms with Crippen LogP contribution < -0.4 is 5.32 Å². The Morgan fingerprint density at radius 2 is 1.31 bits per heavy atom. The summed E-state index contributed by atoms with van der Waals surface area (Å²) < 4.78 is 21.3. The van der Waals surface area contributed by atoms with Crippen LogP contribution in [0.3, 0.4) is 0 Å². The summed E-state index contributed by atoms with van der Waals surface area (Å²) in [4.78, 5) is 0. The molecule has 2 aliphatic heterocycles. The first-order valence-electron chi connectivity index (χ1n) is 9.72. The Morgan fingerprint density at radius 3 is 1.97 bits per heavy atom. The van der Waals surface area contributed by atoms with Gasteiger partial charge in [0.2, 0.25) is 0 Å². The largest absolute Gasteiger partial charge is 0.394 e. The summed E-state index contributed by atoms with van der Waals surface area (Å²) in [5.74, 6) is 0. The Labute approximate surface area is 168 Å². The number of aliphatic hydroxyl groups excluding tert-OH is 7. The zero-order valence-electron chi connectivity index (χ0n) is 16.3. The zero-order chi connectivity index (χ0) is 21.6. The summed E-state index contributed by atoms with van der Waals surface area (Å²) >= 11 is 0. The van der Waals surface area contributed by atoms with Crippen LogP contribution in [0.1, 0.15) is 13.3 Å². The minimum atomic E-state index is -1.47. The van der Waals surface area contributed by atoms with Crippen molar-refractivity contribution in [1.29, 1.82) is 0 Å². The molecule has 0 radical (unpaired) electrons. The summed E-state index contributed by atoms with van der Waals surface area (Å²) in [5, 5.41) is 70.6. The van der Waals surface area contributed by atoms with Crippen LogP contribution in [-0.4, -0.2) is 130 Å². The van der Waals surface area contributed by atoms with E-state index in [4.69, 9.17) is 24.1 Å². The fourth-order valence-corrected chi connectivity index (χ4v) is 3.13. The van der Waals surface area contributed by atoms with Crippen LogP contribution in [0, 0.1) is 0 Å². The molecule has 2 aliphatic rings. The van der Waals surface area contributed by atoms with Gasteiger partial charge in [-0.3, -0.25) is 0 Å². The van der Waals surface area contributed by atoms with Crippen molar-refractivity contribution in [3.05, 3.63) is 0 Å². The van der Waals surface area contributed by atoms with Gasteiger partial charge in [-0.1, -0.05) is 0 Å². The third-order valence-electron chi connectivity index (χ3n) is 5.00. The Balaban J connectivity index is 1.55. The fourth-order valence-electron chi connectivity index (χ4n) is 3.13. The van der Waals surface area contributed by atoms with Gasteiger partial charge in [0.1, 0.15) is 42.7 Å². The molecular weight excluding hydrogens is 394 g/mol. The highest BCUT2D eigenvalue weighted by Gasteiger charge is 2.44. The van der Waals surface area contributed by atoms with Crippen molar-refractivity contribution in [3.63, 3.8) is 0 Å². The van der Waals surface area contributed by atoms with Crippen LogP contribution >= 0.6 is 0 Å². The van der Waals surface area contributed by atoms with E-state index in [0.29, 0.717) is 19.5 Å². The third kappa shape index (κ3) is 6.50. The Bertz CT molecular complexity index is 471. The molecule has 0 saturated carbocycles. The number of hydrogen-bond acceptors (Lipinski definition) is 12. The molecule has 0 aromatic rings. The van der Waals surface area contributed by atoms with Gasteiger partial charge in [0.05, 0.1) is 25.9 Å². The van der Waals surface area contributed by atoms with Crippen molar-refractivity contribution >= 4 is 0 Å². The minimum absolute atomic E-state index is 0.197. The second-order valence-corrected chi connectivity index (χ2v) is 7.22. The van der Waals surface area contributed by atoms with Crippen molar-refractivity contribution in [2.75, 3.05) is 32.9 Å². The molecule has 10 unspecified atom stereocenters. The molecule has 2 fully saturated rings. The highest BCUT2D eigenvalue weighted by Crippen LogP contribution is 2.22. The van der Waals surface area contributed by atoms with Crippen LogP contribution in [0.2, 0.25) is 0 Å². The van der Waals surface area contributed by atoms with E-state index in [1.807, 2.05) is 0 Å². The number of rotatable bonds is 10. The average Bonchev–Trinajstić information content (AvgIpc) is 2.71. The lowest BCUT2D eigenvalue weighted by atomic mass is 9.99. The van der Waals surface area contributed by atoms with Gasteiger partial charge in [0.25, 0.3) is 0 Å². The second kappa shape index (κ2) is 11.8. The Morgan fingerprint density at radius 1 is 0.724 bits per heavy atom. The average molecular weight is 427 g/mol. The first kappa shape index (κ1) is 24.8. The maximum absolute atomic E-state index is 9.85. The minimum Gasteiger partial charge on any atom is -0.394 e. The van der Waals surface area contributed by atoms with Crippen LogP contribution in [0.25, 0.3) is 0 Å². The van der Waals surface area contributed by atoms with Crippen molar-refractivity contribution in [2.45, 2.75) is 74.8 Å². The maximum atomic E-state index is 9.85. The molecule has 12 heteroatoms. The van der Waals surface area contributed by atoms with E-state index < -0.39 is 68.0 Å². The lowest BCUT2D eigenvalue weighted by Gasteiger charge is -2.39. The SMILES string of the molecule is CC1OC(OCCNCCCOC2OC(CO)C(O)C(O)C2O)C(O)C(O)C1O. The molecule has 12 nitrogen and oxygen atoms in total. The van der Waals surface area contributed by atoms with E-state index in [1.54, 1.807) is 6.92 Å². The summed E-state index contributed by atoms with van der Waals surface area (Å²) in [5.41, 5.74) is 0. The highest BCUT2D eigenvalue weighted by molar-refractivity contribution is 4.89. The number of nitrogens with one attached hydrogen (secondary N) is 1. The molecule has 8 N–H and O–H groups in total. The maximum Gasteiger partial charge on any atom is 0.186 e. The van der Waals surface area contributed by atoms with Crippen LogP contribution in [0.5, 0.6) is 0 Å². The van der Waals surface area contributed by atoms with Crippen molar-refractivity contribution in [1.82, 2.24) is 5.32 Å². The highest BCUT2D eigenvalue weighted by atomic mass is 16.7. The quantitative estimate of drug-likeness (QED) is 0.157. The van der Waals surface area contributed by atoms with E-state index in [-0.39, 0.29) is 13.2 Å². The third-order valence-corrected chi connectivity index (χ3v) is 5.00. The molecule has 172 valence electrons. The molecule has 0 aromatic carbocycles. The lowest BCUT2D eigenvalue weighted by Crippen LogP contribution is -2.59. The standard InChI is InChI=1S/C17H33NO11/c1-8-10(20)12(22)14(24)16(28-8)27-6-4-18-3-2-5-26-17-15(25)13(23)11(21)9(7-19)29-17/h8-25H,2-7H2,1H3. The van der Waals surface area contributed by atoms with E-state index >= 15 is 0 Å². The number of ether oxygens (including phenoxy) is 4. The van der Waals surface area contributed by atoms with Crippen molar-refractivity contribution in [2.24, 2.45) is 0 Å². The molecule has 0 bridgehead atoms. The van der Waals surface area contributed by atoms with Gasteiger partial charge in [0.15, 0.2) is 12.6 Å². The first-order chi connectivity index (χ1) is 13.8.